The molecule has 2 heterocycles. The Balaban J connectivity index is 2.08. The zero-order valence-corrected chi connectivity index (χ0v) is 10.5. The van der Waals surface area contributed by atoms with Gasteiger partial charge in [-0.1, -0.05) is 6.07 Å². The van der Waals surface area contributed by atoms with Gasteiger partial charge >= 0.3 is 0 Å². The standard InChI is InChI=1S/C13H21N3/c1-13(2)8-5-9-16(13)10-11-6-4-7-12(14-3)15-11/h4,6-7H,5,8-10H2,1-3H3,(H,14,15). The quantitative estimate of drug-likeness (QED) is 0.846. The zero-order chi connectivity index (χ0) is 11.6. The minimum absolute atomic E-state index is 0.331. The van der Waals surface area contributed by atoms with Gasteiger partial charge in [0.2, 0.25) is 0 Å². The molecule has 0 amide bonds. The predicted octanol–water partition coefficient (Wildman–Crippen LogP) is 2.50. The largest absolute Gasteiger partial charge is 0.373 e. The van der Waals surface area contributed by atoms with Crippen molar-refractivity contribution < 1.29 is 0 Å². The summed E-state index contributed by atoms with van der Waals surface area (Å²) in [6, 6.07) is 6.17. The van der Waals surface area contributed by atoms with Crippen molar-refractivity contribution in [2.75, 3.05) is 18.9 Å². The lowest BCUT2D eigenvalue weighted by molar-refractivity contribution is 0.164. The maximum atomic E-state index is 4.57. The SMILES string of the molecule is CNc1cccc(CN2CCCC2(C)C)n1. The highest BCUT2D eigenvalue weighted by Gasteiger charge is 2.31. The molecule has 1 saturated heterocycles. The molecule has 1 aliphatic heterocycles. The molecule has 2 rings (SSSR count). The number of likely N-dealkylation sites (tertiary alicyclic amines) is 1. The Hall–Kier alpha value is -1.09. The van der Waals surface area contributed by atoms with Crippen LogP contribution in [0.4, 0.5) is 5.82 Å². The van der Waals surface area contributed by atoms with E-state index in [1.54, 1.807) is 0 Å². The molecule has 0 spiro atoms. The van der Waals surface area contributed by atoms with Crippen molar-refractivity contribution in [2.45, 2.75) is 38.8 Å². The molecule has 1 fully saturated rings. The molecule has 16 heavy (non-hydrogen) atoms. The van der Waals surface area contributed by atoms with Crippen LogP contribution in [0.3, 0.4) is 0 Å². The molecule has 0 aliphatic carbocycles. The number of anilines is 1. The number of nitrogens with one attached hydrogen (secondary N) is 1. The van der Waals surface area contributed by atoms with Gasteiger partial charge in [0.25, 0.3) is 0 Å². The first-order valence-electron chi connectivity index (χ1n) is 6.00. The molecule has 1 N–H and O–H groups in total. The summed E-state index contributed by atoms with van der Waals surface area (Å²) in [6.07, 6.45) is 2.59. The topological polar surface area (TPSA) is 28.2 Å². The molecule has 3 heteroatoms. The van der Waals surface area contributed by atoms with Crippen LogP contribution in [0.25, 0.3) is 0 Å². The maximum absolute atomic E-state index is 4.57. The second-order valence-electron chi connectivity index (χ2n) is 5.10. The molecule has 0 bridgehead atoms. The fraction of sp³-hybridized carbons (Fsp3) is 0.615. The highest BCUT2D eigenvalue weighted by Crippen LogP contribution is 2.29. The van der Waals surface area contributed by atoms with E-state index < -0.39 is 0 Å². The van der Waals surface area contributed by atoms with Crippen molar-refractivity contribution in [2.24, 2.45) is 0 Å². The van der Waals surface area contributed by atoms with E-state index in [9.17, 15) is 0 Å². The lowest BCUT2D eigenvalue weighted by Crippen LogP contribution is -2.37. The average molecular weight is 219 g/mol. The van der Waals surface area contributed by atoms with E-state index in [1.807, 2.05) is 13.1 Å². The van der Waals surface area contributed by atoms with Gasteiger partial charge in [-0.05, 0) is 45.4 Å². The zero-order valence-electron chi connectivity index (χ0n) is 10.5. The van der Waals surface area contributed by atoms with Crippen LogP contribution in [0.2, 0.25) is 0 Å². The van der Waals surface area contributed by atoms with Crippen molar-refractivity contribution >= 4 is 5.82 Å². The normalized spacial score (nSPS) is 19.9. The molecule has 1 aromatic rings. The lowest BCUT2D eigenvalue weighted by atomic mass is 10.0. The van der Waals surface area contributed by atoms with Gasteiger partial charge in [0.15, 0.2) is 0 Å². The summed E-state index contributed by atoms with van der Waals surface area (Å²) in [5.74, 6) is 0.953. The van der Waals surface area contributed by atoms with E-state index in [1.165, 1.54) is 19.4 Å². The summed E-state index contributed by atoms with van der Waals surface area (Å²) in [7, 11) is 1.91. The Bertz CT molecular complexity index is 360. The first-order valence-corrected chi connectivity index (χ1v) is 6.00. The number of hydrogen-bond acceptors (Lipinski definition) is 3. The molecule has 0 unspecified atom stereocenters. The van der Waals surface area contributed by atoms with Crippen molar-refractivity contribution in [3.8, 4) is 0 Å². The summed E-state index contributed by atoms with van der Waals surface area (Å²) in [5.41, 5.74) is 1.49. The molecular formula is C13H21N3. The van der Waals surface area contributed by atoms with Gasteiger partial charge in [-0.25, -0.2) is 4.98 Å². The van der Waals surface area contributed by atoms with Crippen LogP contribution in [0.1, 0.15) is 32.4 Å². The molecule has 1 aliphatic rings. The Labute approximate surface area is 97.9 Å². The third-order valence-corrected chi connectivity index (χ3v) is 3.49. The highest BCUT2D eigenvalue weighted by atomic mass is 15.2. The van der Waals surface area contributed by atoms with Gasteiger partial charge in [0.1, 0.15) is 5.82 Å². The van der Waals surface area contributed by atoms with Crippen molar-refractivity contribution in [1.29, 1.82) is 0 Å². The molecule has 1 aromatic heterocycles. The molecule has 88 valence electrons. The Morgan fingerprint density at radius 2 is 2.25 bits per heavy atom. The monoisotopic (exact) mass is 219 g/mol. The van der Waals surface area contributed by atoms with Crippen molar-refractivity contribution in [1.82, 2.24) is 9.88 Å². The van der Waals surface area contributed by atoms with Crippen LogP contribution in [0.15, 0.2) is 18.2 Å². The van der Waals surface area contributed by atoms with Gasteiger partial charge in [-0.3, -0.25) is 4.90 Å². The van der Waals surface area contributed by atoms with Gasteiger partial charge < -0.3 is 5.32 Å². The van der Waals surface area contributed by atoms with Gasteiger partial charge in [0.05, 0.1) is 5.69 Å². The summed E-state index contributed by atoms with van der Waals surface area (Å²) < 4.78 is 0. The van der Waals surface area contributed by atoms with Crippen LogP contribution in [-0.4, -0.2) is 29.0 Å². The summed E-state index contributed by atoms with van der Waals surface area (Å²) >= 11 is 0. The fourth-order valence-electron chi connectivity index (χ4n) is 2.36. The van der Waals surface area contributed by atoms with E-state index in [-0.39, 0.29) is 0 Å². The number of aromatic nitrogens is 1. The minimum Gasteiger partial charge on any atom is -0.373 e. The highest BCUT2D eigenvalue weighted by molar-refractivity contribution is 5.34. The third-order valence-electron chi connectivity index (χ3n) is 3.49. The predicted molar refractivity (Wildman–Crippen MR) is 67.5 cm³/mol. The molecule has 0 saturated carbocycles. The molecule has 0 radical (unpaired) electrons. The molecular weight excluding hydrogens is 198 g/mol. The van der Waals surface area contributed by atoms with Crippen LogP contribution in [0, 0.1) is 0 Å². The lowest BCUT2D eigenvalue weighted by Gasteiger charge is -2.31. The first kappa shape index (κ1) is 11.4. The Morgan fingerprint density at radius 3 is 2.88 bits per heavy atom. The number of nitrogens with zero attached hydrogens (tertiary/aromatic N) is 2. The van der Waals surface area contributed by atoms with Gasteiger partial charge in [0, 0.05) is 19.1 Å². The maximum Gasteiger partial charge on any atom is 0.126 e. The fourth-order valence-corrected chi connectivity index (χ4v) is 2.36. The number of hydrogen-bond donors (Lipinski definition) is 1. The van der Waals surface area contributed by atoms with E-state index in [0.717, 1.165) is 18.1 Å². The van der Waals surface area contributed by atoms with Crippen molar-refractivity contribution in [3.05, 3.63) is 23.9 Å². The van der Waals surface area contributed by atoms with E-state index in [0.29, 0.717) is 5.54 Å². The molecule has 0 aromatic carbocycles. The van der Waals surface area contributed by atoms with Crippen molar-refractivity contribution in [3.63, 3.8) is 0 Å². The van der Waals surface area contributed by atoms with E-state index in [4.69, 9.17) is 0 Å². The first-order chi connectivity index (χ1) is 7.62. The van der Waals surface area contributed by atoms with Crippen LogP contribution >= 0.6 is 0 Å². The Morgan fingerprint density at radius 1 is 1.44 bits per heavy atom. The number of pyridine rings is 1. The van der Waals surface area contributed by atoms with E-state index in [2.05, 4.69) is 41.2 Å². The minimum atomic E-state index is 0.331. The van der Waals surface area contributed by atoms with E-state index >= 15 is 0 Å². The summed E-state index contributed by atoms with van der Waals surface area (Å²) in [6.45, 7) is 6.80. The second-order valence-corrected chi connectivity index (χ2v) is 5.10. The number of rotatable bonds is 3. The van der Waals surface area contributed by atoms with Gasteiger partial charge in [-0.2, -0.15) is 0 Å². The second kappa shape index (κ2) is 4.42. The third kappa shape index (κ3) is 2.35. The smallest absolute Gasteiger partial charge is 0.126 e. The van der Waals surface area contributed by atoms with Crippen LogP contribution in [-0.2, 0) is 6.54 Å². The summed E-state index contributed by atoms with van der Waals surface area (Å²) in [5, 5.41) is 3.08. The Kier molecular flexibility index (Phi) is 3.15. The summed E-state index contributed by atoms with van der Waals surface area (Å²) in [4.78, 5) is 7.09. The molecule has 3 nitrogen and oxygen atoms in total. The van der Waals surface area contributed by atoms with Crippen LogP contribution in [0.5, 0.6) is 0 Å². The van der Waals surface area contributed by atoms with Gasteiger partial charge in [-0.15, -0.1) is 0 Å². The van der Waals surface area contributed by atoms with Crippen LogP contribution < -0.4 is 5.32 Å². The molecule has 0 atom stereocenters. The average Bonchev–Trinajstić information content (AvgIpc) is 2.59.